The molecule has 134 valence electrons. The summed E-state index contributed by atoms with van der Waals surface area (Å²) < 4.78 is 0. The van der Waals surface area contributed by atoms with Crippen LogP contribution < -0.4 is 15.5 Å². The molecule has 2 N–H and O–H groups in total. The molecule has 0 bridgehead atoms. The molecule has 1 saturated carbocycles. The van der Waals surface area contributed by atoms with Gasteiger partial charge in [0.25, 0.3) is 11.6 Å². The van der Waals surface area contributed by atoms with Gasteiger partial charge >= 0.3 is 0 Å². The van der Waals surface area contributed by atoms with E-state index >= 15 is 0 Å². The number of nitrogens with zero attached hydrogens (tertiary/aromatic N) is 2. The first-order valence-electron chi connectivity index (χ1n) is 8.65. The third kappa shape index (κ3) is 4.26. The van der Waals surface area contributed by atoms with Gasteiger partial charge in [-0.05, 0) is 37.8 Å². The molecule has 8 heteroatoms. The number of nitro groups is 1. The van der Waals surface area contributed by atoms with Crippen molar-refractivity contribution in [1.29, 1.82) is 0 Å². The van der Waals surface area contributed by atoms with Gasteiger partial charge in [-0.25, -0.2) is 0 Å². The summed E-state index contributed by atoms with van der Waals surface area (Å²) in [6.45, 7) is 2.24. The van der Waals surface area contributed by atoms with Gasteiger partial charge in [0, 0.05) is 43.7 Å². The molecule has 2 aliphatic rings. The summed E-state index contributed by atoms with van der Waals surface area (Å²) in [5, 5.41) is 16.8. The number of nitrogens with one attached hydrogen (secondary N) is 2. The quantitative estimate of drug-likeness (QED) is 0.442. The molecule has 0 unspecified atom stereocenters. The molecule has 1 saturated heterocycles. The lowest BCUT2D eigenvalue weighted by atomic mass is 10.1. The van der Waals surface area contributed by atoms with Crippen LogP contribution in [-0.2, 0) is 4.79 Å². The van der Waals surface area contributed by atoms with E-state index in [1.807, 2.05) is 4.90 Å². The Kier molecular flexibility index (Phi) is 5.16. The van der Waals surface area contributed by atoms with Gasteiger partial charge in [0.1, 0.15) is 5.69 Å². The highest BCUT2D eigenvalue weighted by Gasteiger charge is 2.29. The molecule has 0 spiro atoms. The molecule has 2 fully saturated rings. The largest absolute Gasteiger partial charge is 0.366 e. The van der Waals surface area contributed by atoms with E-state index in [-0.39, 0.29) is 29.0 Å². The molecule has 2 amide bonds. The third-order valence-electron chi connectivity index (χ3n) is 4.54. The Labute approximate surface area is 145 Å². The molecule has 25 heavy (non-hydrogen) atoms. The molecule has 1 aromatic carbocycles. The van der Waals surface area contributed by atoms with E-state index in [0.29, 0.717) is 18.8 Å². The number of nitro benzene ring substituents is 1. The number of carbonyl (C=O) groups is 2. The molecule has 1 aliphatic heterocycles. The van der Waals surface area contributed by atoms with Crippen molar-refractivity contribution in [2.24, 2.45) is 5.92 Å². The minimum absolute atomic E-state index is 0.0276. The lowest BCUT2D eigenvalue weighted by Gasteiger charge is -2.17. The van der Waals surface area contributed by atoms with Crippen LogP contribution >= 0.6 is 0 Å². The van der Waals surface area contributed by atoms with E-state index in [4.69, 9.17) is 0 Å². The van der Waals surface area contributed by atoms with Crippen molar-refractivity contribution in [3.63, 3.8) is 0 Å². The maximum atomic E-state index is 12.2. The Morgan fingerprint density at radius 1 is 1.16 bits per heavy atom. The maximum Gasteiger partial charge on any atom is 0.293 e. The number of hydrogen-bond donors (Lipinski definition) is 2. The first-order valence-corrected chi connectivity index (χ1v) is 8.65. The molecular weight excluding hydrogens is 324 g/mol. The number of hydrogen-bond acceptors (Lipinski definition) is 5. The number of carbonyl (C=O) groups excluding carboxylic acids is 2. The predicted octanol–water partition coefficient (Wildman–Crippen LogP) is 1.45. The zero-order chi connectivity index (χ0) is 17.8. The molecule has 1 aromatic rings. The van der Waals surface area contributed by atoms with Crippen molar-refractivity contribution in [1.82, 2.24) is 10.6 Å². The highest BCUT2D eigenvalue weighted by atomic mass is 16.6. The van der Waals surface area contributed by atoms with Crippen molar-refractivity contribution in [2.75, 3.05) is 31.1 Å². The second kappa shape index (κ2) is 7.50. The average molecular weight is 346 g/mol. The van der Waals surface area contributed by atoms with Crippen molar-refractivity contribution >= 4 is 23.2 Å². The van der Waals surface area contributed by atoms with Crippen molar-refractivity contribution in [3.8, 4) is 0 Å². The summed E-state index contributed by atoms with van der Waals surface area (Å²) in [5.74, 6) is -0.215. The Hall–Kier alpha value is -2.64. The van der Waals surface area contributed by atoms with Crippen molar-refractivity contribution in [3.05, 3.63) is 33.9 Å². The van der Waals surface area contributed by atoms with Crippen LogP contribution in [0, 0.1) is 16.0 Å². The van der Waals surface area contributed by atoms with Crippen molar-refractivity contribution < 1.29 is 14.5 Å². The summed E-state index contributed by atoms with van der Waals surface area (Å²) in [6.07, 6.45) is 3.91. The number of rotatable bonds is 7. The smallest absolute Gasteiger partial charge is 0.293 e. The second-order valence-electron chi connectivity index (χ2n) is 6.48. The molecule has 3 rings (SSSR count). The zero-order valence-electron chi connectivity index (χ0n) is 14.0. The van der Waals surface area contributed by atoms with Gasteiger partial charge in [0.2, 0.25) is 5.91 Å². The topological polar surface area (TPSA) is 105 Å². The van der Waals surface area contributed by atoms with Crippen LogP contribution in [0.4, 0.5) is 11.4 Å². The molecule has 0 aromatic heterocycles. The van der Waals surface area contributed by atoms with Crippen molar-refractivity contribution in [2.45, 2.75) is 25.7 Å². The highest BCUT2D eigenvalue weighted by Crippen LogP contribution is 2.31. The number of amides is 2. The van der Waals surface area contributed by atoms with Crippen LogP contribution in [0.2, 0.25) is 0 Å². The number of anilines is 1. The van der Waals surface area contributed by atoms with E-state index < -0.39 is 4.92 Å². The fraction of sp³-hybridized carbons (Fsp3) is 0.529. The molecular formula is C17H22N4O4. The lowest BCUT2D eigenvalue weighted by Crippen LogP contribution is -2.35. The minimum Gasteiger partial charge on any atom is -0.366 e. The molecule has 0 atom stereocenters. The Balaban J connectivity index is 1.58. The fourth-order valence-corrected chi connectivity index (χ4v) is 2.99. The SMILES string of the molecule is O=C(NCCNC(=O)C1CC1)c1ccc(N2CCCC2)c([N+](=O)[O-])c1. The van der Waals surface area contributed by atoms with E-state index in [9.17, 15) is 19.7 Å². The Bertz CT molecular complexity index is 681. The summed E-state index contributed by atoms with van der Waals surface area (Å²) in [5.41, 5.74) is 0.774. The van der Waals surface area contributed by atoms with Gasteiger partial charge in [-0.3, -0.25) is 19.7 Å². The Morgan fingerprint density at radius 2 is 1.84 bits per heavy atom. The fourth-order valence-electron chi connectivity index (χ4n) is 2.99. The van der Waals surface area contributed by atoms with Gasteiger partial charge < -0.3 is 15.5 Å². The van der Waals surface area contributed by atoms with E-state index in [1.54, 1.807) is 12.1 Å². The maximum absolute atomic E-state index is 12.2. The first-order chi connectivity index (χ1) is 12.1. The van der Waals surface area contributed by atoms with Crippen LogP contribution in [0.5, 0.6) is 0 Å². The van der Waals surface area contributed by atoms with E-state index in [1.165, 1.54) is 6.07 Å². The van der Waals surface area contributed by atoms with Gasteiger partial charge in [0.05, 0.1) is 4.92 Å². The van der Waals surface area contributed by atoms with Gasteiger partial charge in [-0.15, -0.1) is 0 Å². The van der Waals surface area contributed by atoms with Crippen LogP contribution in [0.3, 0.4) is 0 Å². The normalized spacial score (nSPS) is 16.6. The predicted molar refractivity (Wildman–Crippen MR) is 92.6 cm³/mol. The van der Waals surface area contributed by atoms with Gasteiger partial charge in [-0.1, -0.05) is 0 Å². The van der Waals surface area contributed by atoms with E-state index in [0.717, 1.165) is 38.8 Å². The van der Waals surface area contributed by atoms with E-state index in [2.05, 4.69) is 10.6 Å². The zero-order valence-corrected chi connectivity index (χ0v) is 14.0. The summed E-state index contributed by atoms with van der Waals surface area (Å²) in [4.78, 5) is 36.6. The van der Waals surface area contributed by atoms with Crippen LogP contribution in [-0.4, -0.2) is 42.9 Å². The Morgan fingerprint density at radius 3 is 2.48 bits per heavy atom. The molecule has 0 radical (unpaired) electrons. The highest BCUT2D eigenvalue weighted by molar-refractivity contribution is 5.95. The second-order valence-corrected chi connectivity index (χ2v) is 6.48. The monoisotopic (exact) mass is 346 g/mol. The van der Waals surface area contributed by atoms with Crippen LogP contribution in [0.1, 0.15) is 36.0 Å². The minimum atomic E-state index is -0.444. The standard InChI is InChI=1S/C17H22N4O4/c22-16(12-3-4-12)18-7-8-19-17(23)13-5-6-14(15(11-13)21(24)25)20-9-1-2-10-20/h5-6,11-12H,1-4,7-10H2,(H,18,22)(H,19,23). The average Bonchev–Trinajstić information content (AvgIpc) is 3.32. The number of benzene rings is 1. The first kappa shape index (κ1) is 17.2. The van der Waals surface area contributed by atoms with Crippen LogP contribution in [0.15, 0.2) is 18.2 Å². The van der Waals surface area contributed by atoms with Gasteiger partial charge in [0.15, 0.2) is 0 Å². The summed E-state index contributed by atoms with van der Waals surface area (Å²) >= 11 is 0. The lowest BCUT2D eigenvalue weighted by molar-refractivity contribution is -0.384. The van der Waals surface area contributed by atoms with Gasteiger partial charge in [-0.2, -0.15) is 0 Å². The van der Waals surface area contributed by atoms with Crippen LogP contribution in [0.25, 0.3) is 0 Å². The molecule has 8 nitrogen and oxygen atoms in total. The molecule has 1 heterocycles. The summed E-state index contributed by atoms with van der Waals surface area (Å²) in [7, 11) is 0. The molecule has 1 aliphatic carbocycles. The third-order valence-corrected chi connectivity index (χ3v) is 4.54. The summed E-state index contributed by atoms with van der Waals surface area (Å²) in [6, 6.07) is 4.58.